The molecule has 3 fully saturated rings. The number of hydrogen-bond acceptors (Lipinski definition) is 5. The Bertz CT molecular complexity index is 1040. The number of amides is 1. The minimum absolute atomic E-state index is 0.0180. The van der Waals surface area contributed by atoms with Gasteiger partial charge in [0.1, 0.15) is 11.6 Å². The van der Waals surface area contributed by atoms with Crippen LogP contribution in [0.25, 0.3) is 0 Å². The fraction of sp³-hybridized carbons (Fsp3) is 0.609. The summed E-state index contributed by atoms with van der Waals surface area (Å²) in [7, 11) is -3.59. The molecule has 2 unspecified atom stereocenters. The van der Waals surface area contributed by atoms with Crippen molar-refractivity contribution < 1.29 is 18.0 Å². The standard InChI is InChI=1S/C23H32N4O4S/c1-22(2)18-7-8-23(22,19(28)14-18)15-32(30,31)27-11-9-26(10-12-27)20(29)13-16-3-5-17(6-4-16)21(24)25/h3-6,18H,7-15H2,1-2H3,(H3,24,25). The summed E-state index contributed by atoms with van der Waals surface area (Å²) in [6, 6.07) is 7.00. The zero-order chi connectivity index (χ0) is 23.3. The molecule has 9 heteroatoms. The van der Waals surface area contributed by atoms with Gasteiger partial charge in [-0.15, -0.1) is 0 Å². The average Bonchev–Trinajstić information content (AvgIpc) is 3.08. The van der Waals surface area contributed by atoms with Gasteiger partial charge in [-0.1, -0.05) is 38.1 Å². The van der Waals surface area contributed by atoms with Crippen LogP contribution in [-0.4, -0.2) is 67.1 Å². The number of sulfonamides is 1. The lowest BCUT2D eigenvalue weighted by Gasteiger charge is -2.39. The summed E-state index contributed by atoms with van der Waals surface area (Å²) in [6.07, 6.45) is 2.30. The van der Waals surface area contributed by atoms with Crippen LogP contribution >= 0.6 is 0 Å². The molecular formula is C23H32N4O4S. The highest BCUT2D eigenvalue weighted by Gasteiger charge is 2.65. The smallest absolute Gasteiger partial charge is 0.227 e. The molecule has 1 saturated heterocycles. The monoisotopic (exact) mass is 460 g/mol. The molecule has 8 nitrogen and oxygen atoms in total. The predicted octanol–water partition coefficient (Wildman–Crippen LogP) is 1.38. The number of fused-ring (bicyclic) bond motifs is 2. The Labute approximate surface area is 189 Å². The lowest BCUT2D eigenvalue weighted by atomic mass is 9.70. The Hall–Kier alpha value is -2.26. The number of nitrogens with one attached hydrogen (secondary N) is 1. The molecule has 32 heavy (non-hydrogen) atoms. The van der Waals surface area contributed by atoms with Crippen LogP contribution in [-0.2, 0) is 26.0 Å². The van der Waals surface area contributed by atoms with E-state index in [-0.39, 0.29) is 54.1 Å². The topological polar surface area (TPSA) is 125 Å². The first kappa shape index (κ1) is 22.9. The molecule has 3 N–H and O–H groups in total. The highest BCUT2D eigenvalue weighted by Crippen LogP contribution is 2.64. The fourth-order valence-electron chi connectivity index (χ4n) is 5.82. The maximum absolute atomic E-state index is 13.3. The average molecular weight is 461 g/mol. The van der Waals surface area contributed by atoms with Crippen LogP contribution in [0.2, 0.25) is 0 Å². The first-order valence-electron chi connectivity index (χ1n) is 11.2. The third-order valence-electron chi connectivity index (χ3n) is 8.17. The first-order chi connectivity index (χ1) is 15.0. The molecular weight excluding hydrogens is 428 g/mol. The van der Waals surface area contributed by atoms with Gasteiger partial charge in [-0.3, -0.25) is 15.0 Å². The van der Waals surface area contributed by atoms with Crippen molar-refractivity contribution in [3.63, 3.8) is 0 Å². The second-order valence-corrected chi connectivity index (χ2v) is 12.0. The molecule has 1 aromatic carbocycles. The van der Waals surface area contributed by atoms with Gasteiger partial charge in [0.05, 0.1) is 12.2 Å². The first-order valence-corrected chi connectivity index (χ1v) is 12.8. The van der Waals surface area contributed by atoms with Crippen LogP contribution in [0, 0.1) is 22.2 Å². The molecule has 3 aliphatic rings. The Morgan fingerprint density at radius 3 is 2.28 bits per heavy atom. The zero-order valence-corrected chi connectivity index (χ0v) is 19.6. The van der Waals surface area contributed by atoms with Gasteiger partial charge in [0.2, 0.25) is 15.9 Å². The zero-order valence-electron chi connectivity index (χ0n) is 18.8. The van der Waals surface area contributed by atoms with E-state index in [1.54, 1.807) is 29.2 Å². The molecule has 2 saturated carbocycles. The highest BCUT2D eigenvalue weighted by molar-refractivity contribution is 7.89. The molecule has 1 amide bonds. The van der Waals surface area contributed by atoms with Gasteiger partial charge in [-0.05, 0) is 29.7 Å². The third-order valence-corrected chi connectivity index (χ3v) is 10.2. The van der Waals surface area contributed by atoms with Crippen molar-refractivity contribution in [1.29, 1.82) is 5.41 Å². The Balaban J connectivity index is 1.36. The van der Waals surface area contributed by atoms with Gasteiger partial charge in [-0.2, -0.15) is 4.31 Å². The molecule has 1 aliphatic heterocycles. The summed E-state index contributed by atoms with van der Waals surface area (Å²) >= 11 is 0. The molecule has 1 heterocycles. The summed E-state index contributed by atoms with van der Waals surface area (Å²) in [6.45, 7) is 5.29. The number of nitrogens with zero attached hydrogens (tertiary/aromatic N) is 2. The number of ketones is 1. The van der Waals surface area contributed by atoms with Crippen molar-refractivity contribution in [1.82, 2.24) is 9.21 Å². The summed E-state index contributed by atoms with van der Waals surface area (Å²) in [4.78, 5) is 27.1. The van der Waals surface area contributed by atoms with Crippen molar-refractivity contribution in [3.8, 4) is 0 Å². The van der Waals surface area contributed by atoms with Gasteiger partial charge in [0, 0.05) is 43.6 Å². The molecule has 2 bridgehead atoms. The number of amidine groups is 1. The van der Waals surface area contributed by atoms with Gasteiger partial charge in [0.15, 0.2) is 0 Å². The number of carbonyl (C=O) groups is 2. The number of rotatable bonds is 6. The van der Waals surface area contributed by atoms with Crippen molar-refractivity contribution in [2.24, 2.45) is 22.5 Å². The predicted molar refractivity (Wildman–Crippen MR) is 122 cm³/mol. The van der Waals surface area contributed by atoms with E-state index in [4.69, 9.17) is 11.1 Å². The van der Waals surface area contributed by atoms with Gasteiger partial charge >= 0.3 is 0 Å². The van der Waals surface area contributed by atoms with E-state index < -0.39 is 15.4 Å². The minimum atomic E-state index is -3.59. The Morgan fingerprint density at radius 2 is 1.78 bits per heavy atom. The van der Waals surface area contributed by atoms with Gasteiger partial charge < -0.3 is 10.6 Å². The maximum Gasteiger partial charge on any atom is 0.227 e. The maximum atomic E-state index is 13.3. The molecule has 0 aromatic heterocycles. The number of piperazine rings is 1. The van der Waals surface area contributed by atoms with E-state index in [0.29, 0.717) is 31.5 Å². The molecule has 2 aliphatic carbocycles. The Morgan fingerprint density at radius 1 is 1.16 bits per heavy atom. The van der Waals surface area contributed by atoms with E-state index in [1.165, 1.54) is 4.31 Å². The molecule has 1 aromatic rings. The minimum Gasteiger partial charge on any atom is -0.384 e. The lowest BCUT2D eigenvalue weighted by Crippen LogP contribution is -2.54. The van der Waals surface area contributed by atoms with Crippen molar-refractivity contribution >= 4 is 27.5 Å². The van der Waals surface area contributed by atoms with E-state index in [1.807, 2.05) is 13.8 Å². The van der Waals surface area contributed by atoms with Crippen LogP contribution in [0.1, 0.15) is 44.2 Å². The normalized spacial score (nSPS) is 27.6. The van der Waals surface area contributed by atoms with Crippen LogP contribution in [0.3, 0.4) is 0 Å². The highest BCUT2D eigenvalue weighted by atomic mass is 32.2. The molecule has 2 atom stereocenters. The summed E-state index contributed by atoms with van der Waals surface area (Å²) < 4.78 is 28.0. The van der Waals surface area contributed by atoms with Gasteiger partial charge in [-0.25, -0.2) is 8.42 Å². The molecule has 0 spiro atoms. The summed E-state index contributed by atoms with van der Waals surface area (Å²) in [5.74, 6) is 0.201. The second-order valence-electron chi connectivity index (χ2n) is 9.99. The Kier molecular flexibility index (Phi) is 5.69. The third kappa shape index (κ3) is 3.75. The van der Waals surface area contributed by atoms with Crippen LogP contribution < -0.4 is 5.73 Å². The number of hydrogen-bond donors (Lipinski definition) is 2. The SMILES string of the molecule is CC1(C)C2CCC1(CS(=O)(=O)N1CCN(C(=O)Cc3ccc(C(=N)N)cc3)CC1)C(=O)C2. The van der Waals surface area contributed by atoms with Crippen molar-refractivity contribution in [2.45, 2.75) is 39.5 Å². The lowest BCUT2D eigenvalue weighted by molar-refractivity contribution is -0.131. The molecule has 4 rings (SSSR count). The van der Waals surface area contributed by atoms with Crippen molar-refractivity contribution in [2.75, 3.05) is 31.9 Å². The second kappa shape index (κ2) is 7.95. The van der Waals surface area contributed by atoms with Crippen LogP contribution in [0.4, 0.5) is 0 Å². The number of benzene rings is 1. The number of nitrogens with two attached hydrogens (primary N) is 1. The number of nitrogen functional groups attached to an aromatic ring is 1. The van der Waals surface area contributed by atoms with E-state index in [0.717, 1.165) is 12.0 Å². The number of Topliss-reactive ketones (excluding diaryl/α,β-unsaturated/α-hetero) is 1. The molecule has 174 valence electrons. The summed E-state index contributed by atoms with van der Waals surface area (Å²) in [5.41, 5.74) is 5.84. The largest absolute Gasteiger partial charge is 0.384 e. The van der Waals surface area contributed by atoms with E-state index in [9.17, 15) is 18.0 Å². The van der Waals surface area contributed by atoms with Gasteiger partial charge in [0.25, 0.3) is 0 Å². The quantitative estimate of drug-likeness (QED) is 0.490. The fourth-order valence-corrected chi connectivity index (χ4v) is 8.02. The van der Waals surface area contributed by atoms with E-state index >= 15 is 0 Å². The van der Waals surface area contributed by atoms with Crippen LogP contribution in [0.5, 0.6) is 0 Å². The number of carbonyl (C=O) groups excluding carboxylic acids is 2. The van der Waals surface area contributed by atoms with E-state index in [2.05, 4.69) is 0 Å². The summed E-state index contributed by atoms with van der Waals surface area (Å²) in [5, 5.41) is 7.44. The van der Waals surface area contributed by atoms with Crippen LogP contribution in [0.15, 0.2) is 24.3 Å². The molecule has 0 radical (unpaired) electrons. The van der Waals surface area contributed by atoms with Crippen molar-refractivity contribution in [3.05, 3.63) is 35.4 Å².